The van der Waals surface area contributed by atoms with Crippen LogP contribution in [0.15, 0.2) is 28.8 Å². The highest BCUT2D eigenvalue weighted by Gasteiger charge is 2.56. The van der Waals surface area contributed by atoms with Gasteiger partial charge in [0.2, 0.25) is 5.91 Å². The summed E-state index contributed by atoms with van der Waals surface area (Å²) in [6, 6.07) is 4.80. The molecule has 0 unspecified atom stereocenters. The number of primary amides is 1. The maximum Gasteiger partial charge on any atom is 0.233 e. The Bertz CT molecular complexity index is 731. The van der Waals surface area contributed by atoms with Gasteiger partial charge in [-0.3, -0.25) is 10.0 Å². The van der Waals surface area contributed by atoms with Crippen molar-refractivity contribution in [2.45, 2.75) is 43.4 Å². The Labute approximate surface area is 138 Å². The smallest absolute Gasteiger partial charge is 0.233 e. The zero-order chi connectivity index (χ0) is 16.4. The van der Waals surface area contributed by atoms with Gasteiger partial charge in [0.1, 0.15) is 16.6 Å². The Morgan fingerprint density at radius 3 is 2.87 bits per heavy atom. The molecule has 2 atom stereocenters. The number of hydrogen-bond acceptors (Lipinski definition) is 4. The van der Waals surface area contributed by atoms with Gasteiger partial charge in [-0.1, -0.05) is 23.9 Å². The van der Waals surface area contributed by atoms with Crippen LogP contribution in [0.5, 0.6) is 0 Å². The maximum atomic E-state index is 14.1. The molecule has 1 fully saturated rings. The van der Waals surface area contributed by atoms with E-state index in [4.69, 9.17) is 5.73 Å². The largest absolute Gasteiger partial charge is 0.369 e. The van der Waals surface area contributed by atoms with Gasteiger partial charge >= 0.3 is 0 Å². The molecule has 4 nitrogen and oxygen atoms in total. The standard InChI is InChI=1S/C17H19FN2O2S/c1-9-11(3-2-4-12(9)18)17(16(19)21)8-7-13-14(17)23-15(20(13)22)10-5-6-10/h2-4,10,15,22H,5-8H2,1H3,(H2,19,21)/t15-,17+/m0/s1. The summed E-state index contributed by atoms with van der Waals surface area (Å²) in [4.78, 5) is 13.3. The molecule has 1 heterocycles. The van der Waals surface area contributed by atoms with E-state index >= 15 is 0 Å². The van der Waals surface area contributed by atoms with Crippen molar-refractivity contribution in [1.29, 1.82) is 0 Å². The molecule has 0 aromatic heterocycles. The summed E-state index contributed by atoms with van der Waals surface area (Å²) < 4.78 is 14.1. The number of halogens is 1. The minimum Gasteiger partial charge on any atom is -0.369 e. The van der Waals surface area contributed by atoms with Gasteiger partial charge in [-0.25, -0.2) is 9.45 Å². The van der Waals surface area contributed by atoms with Crippen LogP contribution in [0.1, 0.15) is 36.8 Å². The van der Waals surface area contributed by atoms with Crippen LogP contribution >= 0.6 is 11.8 Å². The van der Waals surface area contributed by atoms with E-state index in [1.165, 1.54) is 22.9 Å². The molecule has 6 heteroatoms. The topological polar surface area (TPSA) is 66.6 Å². The summed E-state index contributed by atoms with van der Waals surface area (Å²) in [5, 5.41) is 11.8. The van der Waals surface area contributed by atoms with Gasteiger partial charge in [0.25, 0.3) is 0 Å². The molecule has 0 spiro atoms. The third-order valence-corrected chi connectivity index (χ3v) is 6.96. The first-order valence-electron chi connectivity index (χ1n) is 7.90. The number of thioether (sulfide) groups is 1. The van der Waals surface area contributed by atoms with Crippen LogP contribution in [0.4, 0.5) is 4.39 Å². The van der Waals surface area contributed by atoms with Gasteiger partial charge in [0, 0.05) is 4.91 Å². The lowest BCUT2D eigenvalue weighted by Gasteiger charge is -2.31. The number of rotatable bonds is 3. The van der Waals surface area contributed by atoms with E-state index in [0.29, 0.717) is 29.9 Å². The molecule has 0 bridgehead atoms. The van der Waals surface area contributed by atoms with Gasteiger partial charge < -0.3 is 5.73 Å². The molecule has 0 radical (unpaired) electrons. The summed E-state index contributed by atoms with van der Waals surface area (Å²) >= 11 is 1.54. The highest BCUT2D eigenvalue weighted by atomic mass is 32.2. The van der Waals surface area contributed by atoms with Gasteiger partial charge in [-0.15, -0.1) is 0 Å². The predicted octanol–water partition coefficient (Wildman–Crippen LogP) is 3.04. The number of amides is 1. The van der Waals surface area contributed by atoms with E-state index in [9.17, 15) is 14.4 Å². The summed E-state index contributed by atoms with van der Waals surface area (Å²) in [6.45, 7) is 1.68. The van der Waals surface area contributed by atoms with Crippen molar-refractivity contribution in [3.63, 3.8) is 0 Å². The van der Waals surface area contributed by atoms with Crippen LogP contribution in [0.25, 0.3) is 0 Å². The van der Waals surface area contributed by atoms with Crippen molar-refractivity contribution in [3.8, 4) is 0 Å². The second kappa shape index (κ2) is 4.98. The summed E-state index contributed by atoms with van der Waals surface area (Å²) in [6.07, 6.45) is 3.26. The third-order valence-electron chi connectivity index (χ3n) is 5.32. The van der Waals surface area contributed by atoms with Crippen LogP contribution in [0, 0.1) is 18.7 Å². The quantitative estimate of drug-likeness (QED) is 0.892. The van der Waals surface area contributed by atoms with E-state index in [1.807, 2.05) is 0 Å². The number of nitrogens with zero attached hydrogens (tertiary/aromatic N) is 1. The van der Waals surface area contributed by atoms with Crippen LogP contribution < -0.4 is 5.73 Å². The average molecular weight is 334 g/mol. The van der Waals surface area contributed by atoms with Gasteiger partial charge in [0.05, 0.1) is 5.70 Å². The normalized spacial score (nSPS) is 30.0. The Hall–Kier alpha value is -1.53. The Balaban J connectivity index is 1.85. The number of hydrogen-bond donors (Lipinski definition) is 2. The molecular weight excluding hydrogens is 315 g/mol. The zero-order valence-corrected chi connectivity index (χ0v) is 13.7. The van der Waals surface area contributed by atoms with E-state index in [-0.39, 0.29) is 11.2 Å². The Morgan fingerprint density at radius 2 is 2.22 bits per heavy atom. The molecule has 1 aromatic rings. The minimum absolute atomic E-state index is 0.0344. The Morgan fingerprint density at radius 1 is 1.48 bits per heavy atom. The fraction of sp³-hybridized carbons (Fsp3) is 0.471. The van der Waals surface area contributed by atoms with Crippen molar-refractivity contribution >= 4 is 17.7 Å². The fourth-order valence-electron chi connectivity index (χ4n) is 3.86. The second-order valence-corrected chi connectivity index (χ2v) is 7.78. The first-order chi connectivity index (χ1) is 11.0. The molecule has 3 aliphatic rings. The van der Waals surface area contributed by atoms with Crippen LogP contribution in [0.3, 0.4) is 0 Å². The number of benzene rings is 1. The minimum atomic E-state index is -1.02. The summed E-state index contributed by atoms with van der Waals surface area (Å²) in [5.74, 6) is -0.344. The number of hydroxylamine groups is 2. The average Bonchev–Trinajstić information content (AvgIpc) is 3.20. The molecule has 2 aliphatic carbocycles. The SMILES string of the molecule is Cc1c(F)cccc1[C@]1(C(N)=O)CCC2=C1S[C@@H](C1CC1)N2O. The van der Waals surface area contributed by atoms with E-state index in [0.717, 1.165) is 23.4 Å². The lowest BCUT2D eigenvalue weighted by atomic mass is 9.77. The molecule has 1 aromatic carbocycles. The fourth-order valence-corrected chi connectivity index (χ4v) is 5.64. The monoisotopic (exact) mass is 334 g/mol. The van der Waals surface area contributed by atoms with Crippen LogP contribution in [0.2, 0.25) is 0 Å². The van der Waals surface area contributed by atoms with Crippen molar-refractivity contribution in [1.82, 2.24) is 5.06 Å². The summed E-state index contributed by atoms with van der Waals surface area (Å²) in [7, 11) is 0. The van der Waals surface area contributed by atoms with Crippen molar-refractivity contribution in [2.75, 3.05) is 0 Å². The highest BCUT2D eigenvalue weighted by Crippen LogP contribution is 2.60. The first kappa shape index (κ1) is 15.0. The Kier molecular flexibility index (Phi) is 3.25. The summed E-state index contributed by atoms with van der Waals surface area (Å²) in [5.41, 5.74) is 6.67. The molecule has 23 heavy (non-hydrogen) atoms. The van der Waals surface area contributed by atoms with Gasteiger partial charge in [-0.2, -0.15) is 0 Å². The zero-order valence-electron chi connectivity index (χ0n) is 12.9. The molecule has 4 rings (SSSR count). The van der Waals surface area contributed by atoms with Gasteiger partial charge in [-0.05, 0) is 55.7 Å². The van der Waals surface area contributed by atoms with Gasteiger partial charge in [0.15, 0.2) is 0 Å². The molecule has 0 saturated heterocycles. The number of nitrogens with two attached hydrogens (primary N) is 1. The number of carbonyl (C=O) groups excluding carboxylic acids is 1. The molecule has 1 amide bonds. The van der Waals surface area contributed by atoms with Crippen molar-refractivity contribution in [2.24, 2.45) is 11.7 Å². The highest BCUT2D eigenvalue weighted by molar-refractivity contribution is 8.04. The molecule has 1 saturated carbocycles. The van der Waals surface area contributed by atoms with E-state index in [1.54, 1.807) is 19.1 Å². The third kappa shape index (κ3) is 1.97. The van der Waals surface area contributed by atoms with E-state index in [2.05, 4.69) is 0 Å². The number of carbonyl (C=O) groups is 1. The predicted molar refractivity (Wildman–Crippen MR) is 86.0 cm³/mol. The number of allylic oxidation sites excluding steroid dienone is 1. The maximum absolute atomic E-state index is 14.1. The molecular formula is C17H19FN2O2S. The van der Waals surface area contributed by atoms with Crippen molar-refractivity contribution < 1.29 is 14.4 Å². The molecule has 1 aliphatic heterocycles. The lowest BCUT2D eigenvalue weighted by Crippen LogP contribution is -2.41. The van der Waals surface area contributed by atoms with Crippen LogP contribution in [-0.2, 0) is 10.2 Å². The first-order valence-corrected chi connectivity index (χ1v) is 8.78. The molecule has 122 valence electrons. The second-order valence-electron chi connectivity index (χ2n) is 6.65. The lowest BCUT2D eigenvalue weighted by molar-refractivity contribution is -0.122. The van der Waals surface area contributed by atoms with Crippen molar-refractivity contribution in [3.05, 3.63) is 45.7 Å². The van der Waals surface area contributed by atoms with Crippen LogP contribution in [-0.4, -0.2) is 21.6 Å². The van der Waals surface area contributed by atoms with E-state index < -0.39 is 11.3 Å². The molecule has 3 N–H and O–H groups in total.